The molecule has 0 bridgehead atoms. The number of rotatable bonds is 8. The lowest BCUT2D eigenvalue weighted by molar-refractivity contribution is -0.152. The fourth-order valence-electron chi connectivity index (χ4n) is 3.10. The van der Waals surface area contributed by atoms with Gasteiger partial charge in [-0.25, -0.2) is 4.79 Å². The quantitative estimate of drug-likeness (QED) is 0.690. The highest BCUT2D eigenvalue weighted by Crippen LogP contribution is 2.19. The molecule has 2 N–H and O–H groups in total. The van der Waals surface area contributed by atoms with Gasteiger partial charge in [0.25, 0.3) is 5.91 Å². The Morgan fingerprint density at radius 3 is 2.77 bits per heavy atom. The average molecular weight is 362 g/mol. The zero-order chi connectivity index (χ0) is 18.9. The fraction of sp³-hybridized carbons (Fsp3) is 0.526. The number of hydrogen-bond acceptors (Lipinski definition) is 4. The number of ether oxygens (including phenoxy) is 1. The molecule has 7 nitrogen and oxygen atoms in total. The van der Waals surface area contributed by atoms with Crippen LogP contribution in [0.2, 0.25) is 0 Å². The number of aliphatic carboxylic acids is 1. The van der Waals surface area contributed by atoms with E-state index in [1.165, 1.54) is 4.90 Å². The maximum Gasteiger partial charge on any atom is 0.326 e. The van der Waals surface area contributed by atoms with Crippen LogP contribution in [0.25, 0.3) is 0 Å². The molecule has 1 aromatic carbocycles. The van der Waals surface area contributed by atoms with Crippen LogP contribution in [0.5, 0.6) is 5.75 Å². The molecule has 0 aromatic heterocycles. The van der Waals surface area contributed by atoms with Gasteiger partial charge in [-0.1, -0.05) is 12.1 Å². The van der Waals surface area contributed by atoms with Crippen LogP contribution in [0.1, 0.15) is 49.4 Å². The average Bonchev–Trinajstić information content (AvgIpc) is 2.65. The molecular formula is C19H26N2O5. The molecule has 0 radical (unpaired) electrons. The molecule has 1 aliphatic heterocycles. The summed E-state index contributed by atoms with van der Waals surface area (Å²) in [5.74, 6) is -0.830. The van der Waals surface area contributed by atoms with Crippen LogP contribution in [0.15, 0.2) is 24.3 Å². The van der Waals surface area contributed by atoms with Crippen molar-refractivity contribution < 1.29 is 24.2 Å². The number of carbonyl (C=O) groups excluding carboxylic acids is 2. The monoisotopic (exact) mass is 362 g/mol. The summed E-state index contributed by atoms with van der Waals surface area (Å²) in [5, 5.41) is 12.0. The molecular weight excluding hydrogens is 336 g/mol. The molecule has 1 saturated heterocycles. The molecule has 1 fully saturated rings. The third-order valence-electron chi connectivity index (χ3n) is 4.39. The third-order valence-corrected chi connectivity index (χ3v) is 4.39. The zero-order valence-corrected chi connectivity index (χ0v) is 15.1. The van der Waals surface area contributed by atoms with Gasteiger partial charge in [0.15, 0.2) is 0 Å². The van der Waals surface area contributed by atoms with Crippen LogP contribution in [-0.4, -0.2) is 53.5 Å². The van der Waals surface area contributed by atoms with Crippen LogP contribution >= 0.6 is 0 Å². The number of carboxylic acids is 1. The molecule has 1 atom stereocenters. The van der Waals surface area contributed by atoms with Crippen molar-refractivity contribution in [3.63, 3.8) is 0 Å². The Morgan fingerprint density at radius 1 is 1.27 bits per heavy atom. The Balaban J connectivity index is 1.80. The Morgan fingerprint density at radius 2 is 2.04 bits per heavy atom. The highest BCUT2D eigenvalue weighted by Gasteiger charge is 2.31. The van der Waals surface area contributed by atoms with E-state index in [-0.39, 0.29) is 18.2 Å². The van der Waals surface area contributed by atoms with E-state index in [2.05, 4.69) is 5.32 Å². The van der Waals surface area contributed by atoms with Gasteiger partial charge in [-0.15, -0.1) is 0 Å². The molecule has 7 heteroatoms. The molecule has 0 saturated carbocycles. The van der Waals surface area contributed by atoms with Gasteiger partial charge in [0.1, 0.15) is 11.8 Å². The molecule has 26 heavy (non-hydrogen) atoms. The number of carbonyl (C=O) groups is 3. The van der Waals surface area contributed by atoms with Crippen molar-refractivity contribution >= 4 is 17.8 Å². The standard InChI is InChI=1S/C19H26N2O5/c1-2-26-16-10-4-3-8-14(16)18(23)20-12-7-11-17(22)21-13-6-5-9-15(21)19(24)25/h3-4,8,10,15H,2,5-7,9,11-13H2,1H3,(H,20,23)(H,24,25). The minimum atomic E-state index is -0.945. The van der Waals surface area contributed by atoms with Gasteiger partial charge in [-0.05, 0) is 44.7 Å². The Bertz CT molecular complexity index is 647. The summed E-state index contributed by atoms with van der Waals surface area (Å²) < 4.78 is 5.44. The number of nitrogens with one attached hydrogen (secondary N) is 1. The Hall–Kier alpha value is -2.57. The predicted octanol–water partition coefficient (Wildman–Crippen LogP) is 2.06. The van der Waals surface area contributed by atoms with E-state index in [0.717, 1.165) is 12.8 Å². The topological polar surface area (TPSA) is 95.9 Å². The second-order valence-electron chi connectivity index (χ2n) is 6.23. The van der Waals surface area contributed by atoms with Crippen LogP contribution in [-0.2, 0) is 9.59 Å². The number of benzene rings is 1. The van der Waals surface area contributed by atoms with E-state index in [9.17, 15) is 19.5 Å². The molecule has 1 aliphatic rings. The minimum Gasteiger partial charge on any atom is -0.493 e. The second kappa shape index (κ2) is 9.79. The van der Waals surface area contributed by atoms with E-state index in [4.69, 9.17) is 4.74 Å². The largest absolute Gasteiger partial charge is 0.493 e. The predicted molar refractivity (Wildman–Crippen MR) is 96.2 cm³/mol. The van der Waals surface area contributed by atoms with Crippen molar-refractivity contribution in [2.75, 3.05) is 19.7 Å². The van der Waals surface area contributed by atoms with Gasteiger partial charge in [0, 0.05) is 19.5 Å². The highest BCUT2D eigenvalue weighted by atomic mass is 16.5. The van der Waals surface area contributed by atoms with Gasteiger partial charge in [-0.2, -0.15) is 0 Å². The molecule has 1 aromatic rings. The first-order valence-electron chi connectivity index (χ1n) is 9.07. The number of para-hydroxylation sites is 1. The van der Waals surface area contributed by atoms with Crippen molar-refractivity contribution in [3.05, 3.63) is 29.8 Å². The van der Waals surface area contributed by atoms with Crippen LogP contribution in [0, 0.1) is 0 Å². The normalized spacial score (nSPS) is 16.8. The minimum absolute atomic E-state index is 0.166. The van der Waals surface area contributed by atoms with Crippen LogP contribution < -0.4 is 10.1 Å². The van der Waals surface area contributed by atoms with Crippen molar-refractivity contribution in [3.8, 4) is 5.75 Å². The number of carboxylic acid groups (broad SMARTS) is 1. The van der Waals surface area contributed by atoms with Gasteiger partial charge in [-0.3, -0.25) is 9.59 Å². The first-order valence-corrected chi connectivity index (χ1v) is 9.07. The van der Waals surface area contributed by atoms with Gasteiger partial charge in [0.2, 0.25) is 5.91 Å². The van der Waals surface area contributed by atoms with Crippen molar-refractivity contribution in [1.82, 2.24) is 10.2 Å². The number of piperidine rings is 1. The van der Waals surface area contributed by atoms with Crippen LogP contribution in [0.3, 0.4) is 0 Å². The zero-order valence-electron chi connectivity index (χ0n) is 15.1. The Labute approximate surface area is 153 Å². The molecule has 2 rings (SSSR count). The maximum absolute atomic E-state index is 12.3. The van der Waals surface area contributed by atoms with Crippen molar-refractivity contribution in [1.29, 1.82) is 0 Å². The summed E-state index contributed by atoms with van der Waals surface area (Å²) in [4.78, 5) is 37.3. The summed E-state index contributed by atoms with van der Waals surface area (Å²) in [5.41, 5.74) is 0.461. The van der Waals surface area contributed by atoms with Crippen molar-refractivity contribution in [2.24, 2.45) is 0 Å². The SMILES string of the molecule is CCOc1ccccc1C(=O)NCCCC(=O)N1CCCCC1C(=O)O. The number of amides is 2. The first-order chi connectivity index (χ1) is 12.5. The van der Waals surface area contributed by atoms with E-state index in [1.54, 1.807) is 24.3 Å². The second-order valence-corrected chi connectivity index (χ2v) is 6.23. The van der Waals surface area contributed by atoms with Gasteiger partial charge < -0.3 is 20.1 Å². The van der Waals surface area contributed by atoms with E-state index < -0.39 is 12.0 Å². The fourth-order valence-corrected chi connectivity index (χ4v) is 3.10. The lowest BCUT2D eigenvalue weighted by atomic mass is 10.0. The summed E-state index contributed by atoms with van der Waals surface area (Å²) in [6, 6.07) is 6.28. The highest BCUT2D eigenvalue weighted by molar-refractivity contribution is 5.96. The lowest BCUT2D eigenvalue weighted by Crippen LogP contribution is -2.48. The molecule has 1 heterocycles. The third kappa shape index (κ3) is 5.21. The summed E-state index contributed by atoms with van der Waals surface area (Å²) in [7, 11) is 0. The van der Waals surface area contributed by atoms with E-state index in [0.29, 0.717) is 43.9 Å². The lowest BCUT2D eigenvalue weighted by Gasteiger charge is -2.33. The molecule has 2 amide bonds. The number of nitrogens with zero attached hydrogens (tertiary/aromatic N) is 1. The van der Waals surface area contributed by atoms with Crippen LogP contribution in [0.4, 0.5) is 0 Å². The van der Waals surface area contributed by atoms with Crippen molar-refractivity contribution in [2.45, 2.75) is 45.1 Å². The van der Waals surface area contributed by atoms with E-state index >= 15 is 0 Å². The van der Waals surface area contributed by atoms with Gasteiger partial charge in [0.05, 0.1) is 12.2 Å². The first kappa shape index (κ1) is 19.8. The summed E-state index contributed by atoms with van der Waals surface area (Å²) in [6.07, 6.45) is 2.85. The number of likely N-dealkylation sites (tertiary alicyclic amines) is 1. The molecule has 1 unspecified atom stereocenters. The summed E-state index contributed by atoms with van der Waals surface area (Å²) in [6.45, 7) is 3.16. The molecule has 142 valence electrons. The maximum atomic E-state index is 12.3. The number of hydrogen-bond donors (Lipinski definition) is 2. The summed E-state index contributed by atoms with van der Waals surface area (Å²) >= 11 is 0. The van der Waals surface area contributed by atoms with Gasteiger partial charge >= 0.3 is 5.97 Å². The molecule has 0 spiro atoms. The Kier molecular flexibility index (Phi) is 7.44. The smallest absolute Gasteiger partial charge is 0.326 e. The van der Waals surface area contributed by atoms with E-state index in [1.807, 2.05) is 6.92 Å². The molecule has 0 aliphatic carbocycles.